The third-order valence-electron chi connectivity index (χ3n) is 3.64. The van der Waals surface area contributed by atoms with Gasteiger partial charge in [0, 0.05) is 0 Å². The first-order valence-electron chi connectivity index (χ1n) is 6.16. The molecular weight excluding hydrogens is 216 g/mol. The summed E-state index contributed by atoms with van der Waals surface area (Å²) < 4.78 is 0. The number of carboxylic acid groups (broad SMARTS) is 1. The van der Waals surface area contributed by atoms with E-state index in [-0.39, 0.29) is 5.75 Å². The van der Waals surface area contributed by atoms with Gasteiger partial charge < -0.3 is 10.2 Å². The quantitative estimate of drug-likeness (QED) is 0.824. The fraction of sp³-hybridized carbons (Fsp3) is 0.500. The summed E-state index contributed by atoms with van der Waals surface area (Å²) >= 11 is 0. The number of aromatic hydroxyl groups is 1. The zero-order chi connectivity index (χ0) is 12.4. The second-order valence-corrected chi connectivity index (χ2v) is 4.87. The molecule has 2 rings (SSSR count). The number of aryl methyl sites for hydroxylation is 1. The normalized spacial score (nSPS) is 17.0. The van der Waals surface area contributed by atoms with Crippen molar-refractivity contribution in [1.82, 2.24) is 0 Å². The van der Waals surface area contributed by atoms with E-state index in [2.05, 4.69) is 0 Å². The Hall–Kier alpha value is -1.51. The lowest BCUT2D eigenvalue weighted by Crippen LogP contribution is -2.11. The van der Waals surface area contributed by atoms with Crippen LogP contribution in [0.25, 0.3) is 0 Å². The summed E-state index contributed by atoms with van der Waals surface area (Å²) in [6.45, 7) is 1.73. The number of hydrogen-bond acceptors (Lipinski definition) is 2. The first-order valence-corrected chi connectivity index (χ1v) is 6.16. The van der Waals surface area contributed by atoms with Gasteiger partial charge >= 0.3 is 5.97 Å². The van der Waals surface area contributed by atoms with Crippen molar-refractivity contribution < 1.29 is 15.0 Å². The highest BCUT2D eigenvalue weighted by molar-refractivity contribution is 5.90. The molecule has 3 nitrogen and oxygen atoms in total. The summed E-state index contributed by atoms with van der Waals surface area (Å²) in [4.78, 5) is 11.2. The molecule has 0 spiro atoms. The monoisotopic (exact) mass is 234 g/mol. The van der Waals surface area contributed by atoms with E-state index in [1.54, 1.807) is 19.1 Å². The Bertz CT molecular complexity index is 431. The van der Waals surface area contributed by atoms with Gasteiger partial charge in [-0.1, -0.05) is 19.3 Å². The van der Waals surface area contributed by atoms with Gasteiger partial charge in [0.1, 0.15) is 5.75 Å². The van der Waals surface area contributed by atoms with Crippen molar-refractivity contribution in [3.05, 3.63) is 28.8 Å². The van der Waals surface area contributed by atoms with E-state index in [0.29, 0.717) is 17.0 Å². The summed E-state index contributed by atoms with van der Waals surface area (Å²) in [5.41, 5.74) is 1.79. The lowest BCUT2D eigenvalue weighted by molar-refractivity contribution is 0.0694. The van der Waals surface area contributed by atoms with Gasteiger partial charge in [0.25, 0.3) is 0 Å². The van der Waals surface area contributed by atoms with Crippen LogP contribution in [-0.2, 0) is 0 Å². The van der Waals surface area contributed by atoms with Crippen LogP contribution in [0.5, 0.6) is 5.75 Å². The fourth-order valence-corrected chi connectivity index (χ4v) is 2.65. The molecule has 0 bridgehead atoms. The van der Waals surface area contributed by atoms with Crippen molar-refractivity contribution >= 4 is 5.97 Å². The largest absolute Gasteiger partial charge is 0.508 e. The fourth-order valence-electron chi connectivity index (χ4n) is 2.65. The van der Waals surface area contributed by atoms with Gasteiger partial charge in [0.15, 0.2) is 0 Å². The van der Waals surface area contributed by atoms with Gasteiger partial charge in [0.05, 0.1) is 5.56 Å². The number of phenols is 1. The maximum absolute atomic E-state index is 11.2. The highest BCUT2D eigenvalue weighted by Crippen LogP contribution is 2.36. The van der Waals surface area contributed by atoms with Crippen molar-refractivity contribution in [2.75, 3.05) is 0 Å². The molecule has 0 aliphatic heterocycles. The molecule has 1 aromatic carbocycles. The number of rotatable bonds is 2. The minimum absolute atomic E-state index is 0.204. The molecule has 0 atom stereocenters. The van der Waals surface area contributed by atoms with Crippen molar-refractivity contribution in [2.45, 2.75) is 44.9 Å². The maximum Gasteiger partial charge on any atom is 0.335 e. The van der Waals surface area contributed by atoms with Crippen LogP contribution in [0.1, 0.15) is 59.5 Å². The molecule has 17 heavy (non-hydrogen) atoms. The average molecular weight is 234 g/mol. The Morgan fingerprint density at radius 2 is 1.88 bits per heavy atom. The van der Waals surface area contributed by atoms with Crippen LogP contribution in [0.3, 0.4) is 0 Å². The third kappa shape index (κ3) is 2.43. The molecule has 1 saturated carbocycles. The van der Waals surface area contributed by atoms with Crippen LogP contribution < -0.4 is 0 Å². The molecule has 1 aliphatic rings. The third-order valence-corrected chi connectivity index (χ3v) is 3.64. The Morgan fingerprint density at radius 3 is 2.47 bits per heavy atom. The lowest BCUT2D eigenvalue weighted by Gasteiger charge is -2.24. The molecule has 0 aromatic heterocycles. The highest BCUT2D eigenvalue weighted by Gasteiger charge is 2.22. The molecular formula is C14H18O3. The zero-order valence-corrected chi connectivity index (χ0v) is 10.1. The Labute approximate surface area is 101 Å². The van der Waals surface area contributed by atoms with E-state index in [4.69, 9.17) is 0 Å². The van der Waals surface area contributed by atoms with Crippen LogP contribution in [0, 0.1) is 6.92 Å². The van der Waals surface area contributed by atoms with E-state index in [0.717, 1.165) is 31.2 Å². The van der Waals surface area contributed by atoms with Crippen molar-refractivity contribution in [3.63, 3.8) is 0 Å². The maximum atomic E-state index is 11.2. The first-order chi connectivity index (χ1) is 8.09. The van der Waals surface area contributed by atoms with Crippen LogP contribution >= 0.6 is 0 Å². The average Bonchev–Trinajstić information content (AvgIpc) is 2.33. The van der Waals surface area contributed by atoms with E-state index in [1.807, 2.05) is 0 Å². The number of aromatic carboxylic acids is 1. The van der Waals surface area contributed by atoms with Crippen molar-refractivity contribution in [1.29, 1.82) is 0 Å². The number of carboxylic acids is 1. The van der Waals surface area contributed by atoms with E-state index in [9.17, 15) is 15.0 Å². The van der Waals surface area contributed by atoms with Crippen LogP contribution in [0.2, 0.25) is 0 Å². The molecule has 92 valence electrons. The van der Waals surface area contributed by atoms with Gasteiger partial charge in [-0.25, -0.2) is 4.79 Å². The van der Waals surface area contributed by atoms with Crippen LogP contribution in [-0.4, -0.2) is 16.2 Å². The lowest BCUT2D eigenvalue weighted by atomic mass is 9.81. The predicted molar refractivity (Wildman–Crippen MR) is 65.6 cm³/mol. The second kappa shape index (κ2) is 4.78. The Morgan fingerprint density at radius 1 is 1.24 bits per heavy atom. The molecule has 0 unspecified atom stereocenters. The van der Waals surface area contributed by atoms with E-state index >= 15 is 0 Å². The Kier molecular flexibility index (Phi) is 3.36. The minimum atomic E-state index is -0.895. The standard InChI is InChI=1S/C14H18O3/c1-9-7-12(14(16)17)11(8-13(9)15)10-5-3-2-4-6-10/h7-8,10,15H,2-6H2,1H3,(H,16,17). The first kappa shape index (κ1) is 12.0. The van der Waals surface area contributed by atoms with Gasteiger partial charge in [-0.15, -0.1) is 0 Å². The summed E-state index contributed by atoms with van der Waals surface area (Å²) in [6, 6.07) is 3.23. The predicted octanol–water partition coefficient (Wildman–Crippen LogP) is 3.45. The summed E-state index contributed by atoms with van der Waals surface area (Å²) in [6.07, 6.45) is 5.60. The Balaban J connectivity index is 2.42. The second-order valence-electron chi connectivity index (χ2n) is 4.87. The number of carbonyl (C=O) groups is 1. The molecule has 1 aromatic rings. The van der Waals surface area contributed by atoms with E-state index < -0.39 is 5.97 Å². The van der Waals surface area contributed by atoms with E-state index in [1.165, 1.54) is 6.42 Å². The highest BCUT2D eigenvalue weighted by atomic mass is 16.4. The van der Waals surface area contributed by atoms with Crippen LogP contribution in [0.4, 0.5) is 0 Å². The van der Waals surface area contributed by atoms with Gasteiger partial charge in [-0.2, -0.15) is 0 Å². The zero-order valence-electron chi connectivity index (χ0n) is 10.1. The number of phenolic OH excluding ortho intramolecular Hbond substituents is 1. The summed E-state index contributed by atoms with van der Waals surface area (Å²) in [5.74, 6) is -0.398. The molecule has 0 radical (unpaired) electrons. The number of hydrogen-bond donors (Lipinski definition) is 2. The van der Waals surface area contributed by atoms with Crippen molar-refractivity contribution in [2.24, 2.45) is 0 Å². The van der Waals surface area contributed by atoms with Gasteiger partial charge in [0.2, 0.25) is 0 Å². The molecule has 0 amide bonds. The van der Waals surface area contributed by atoms with Gasteiger partial charge in [-0.05, 0) is 48.9 Å². The molecule has 0 saturated heterocycles. The SMILES string of the molecule is Cc1cc(C(=O)O)c(C2CCCCC2)cc1O. The molecule has 2 N–H and O–H groups in total. The molecule has 1 fully saturated rings. The molecule has 3 heteroatoms. The summed E-state index contributed by atoms with van der Waals surface area (Å²) in [5, 5.41) is 19.0. The smallest absolute Gasteiger partial charge is 0.335 e. The van der Waals surface area contributed by atoms with Gasteiger partial charge in [-0.3, -0.25) is 0 Å². The van der Waals surface area contributed by atoms with Crippen molar-refractivity contribution in [3.8, 4) is 5.75 Å². The minimum Gasteiger partial charge on any atom is -0.508 e. The summed E-state index contributed by atoms with van der Waals surface area (Å²) in [7, 11) is 0. The van der Waals surface area contributed by atoms with Crippen LogP contribution in [0.15, 0.2) is 12.1 Å². The number of benzene rings is 1. The molecule has 1 aliphatic carbocycles. The topological polar surface area (TPSA) is 57.5 Å². The molecule has 0 heterocycles.